The number of pyridine rings is 1. The van der Waals surface area contributed by atoms with E-state index in [4.69, 9.17) is 19.4 Å². The Labute approximate surface area is 349 Å². The van der Waals surface area contributed by atoms with Crippen molar-refractivity contribution in [2.75, 3.05) is 0 Å². The molecule has 12 aromatic rings. The van der Waals surface area contributed by atoms with Crippen LogP contribution in [0.1, 0.15) is 0 Å². The second kappa shape index (κ2) is 14.0. The fraction of sp³-hybridized carbons (Fsp3) is 0. The van der Waals surface area contributed by atoms with Crippen molar-refractivity contribution in [1.82, 2.24) is 15.0 Å². The molecule has 12 rings (SSSR count). The van der Waals surface area contributed by atoms with Gasteiger partial charge in [-0.2, -0.15) is 0 Å². The van der Waals surface area contributed by atoms with Gasteiger partial charge in [-0.1, -0.05) is 164 Å². The standard InChI is InChI=1S/C55H33N3OS/c1-2-13-34(14-3-1)37-15-10-16-38(31-37)47-33-48(58-55(57-47)36-29-27-35(28-30-36)41-22-12-23-43-42-19-5-8-25-49(42)59-53(41)43)39-17-11-18-40(32-39)52-51-45-21-6-9-26-50(45)60-54(51)44-20-4-7-24-46(44)56-52/h1-33H. The summed E-state index contributed by atoms with van der Waals surface area (Å²) in [7, 11) is 0. The molecule has 4 nitrogen and oxygen atoms in total. The monoisotopic (exact) mass is 783 g/mol. The average molecular weight is 784 g/mol. The van der Waals surface area contributed by atoms with Gasteiger partial charge in [0.25, 0.3) is 0 Å². The lowest BCUT2D eigenvalue weighted by Crippen LogP contribution is -1.97. The van der Waals surface area contributed by atoms with Crippen LogP contribution >= 0.6 is 11.3 Å². The Bertz CT molecular complexity index is 3610. The van der Waals surface area contributed by atoms with Gasteiger partial charge >= 0.3 is 0 Å². The van der Waals surface area contributed by atoms with Crippen LogP contribution in [0.15, 0.2) is 205 Å². The highest BCUT2D eigenvalue weighted by Gasteiger charge is 2.18. The highest BCUT2D eigenvalue weighted by molar-refractivity contribution is 7.26. The average Bonchev–Trinajstić information content (AvgIpc) is 3.91. The van der Waals surface area contributed by atoms with Crippen molar-refractivity contribution >= 4 is 64.4 Å². The van der Waals surface area contributed by atoms with E-state index in [2.05, 4.69) is 182 Å². The summed E-state index contributed by atoms with van der Waals surface area (Å²) in [6.45, 7) is 0. The molecule has 280 valence electrons. The smallest absolute Gasteiger partial charge is 0.160 e. The summed E-state index contributed by atoms with van der Waals surface area (Å²) >= 11 is 1.83. The van der Waals surface area contributed by atoms with Gasteiger partial charge in [0.1, 0.15) is 11.2 Å². The fourth-order valence-electron chi connectivity index (χ4n) is 8.58. The van der Waals surface area contributed by atoms with Crippen LogP contribution < -0.4 is 0 Å². The first-order valence-corrected chi connectivity index (χ1v) is 20.9. The minimum atomic E-state index is 0.654. The molecule has 0 atom stereocenters. The maximum atomic E-state index is 6.40. The summed E-state index contributed by atoms with van der Waals surface area (Å²) in [5.74, 6) is 0.654. The predicted molar refractivity (Wildman–Crippen MR) is 250 cm³/mol. The molecule has 4 heterocycles. The number of rotatable bonds is 6. The maximum absolute atomic E-state index is 6.40. The van der Waals surface area contributed by atoms with E-state index in [1.165, 1.54) is 25.6 Å². The second-order valence-corrected chi connectivity index (χ2v) is 16.2. The van der Waals surface area contributed by atoms with Gasteiger partial charge < -0.3 is 4.42 Å². The first-order valence-electron chi connectivity index (χ1n) is 20.1. The number of nitrogens with zero attached hydrogens (tertiary/aromatic N) is 3. The first-order chi connectivity index (χ1) is 29.7. The molecule has 0 radical (unpaired) electrons. The lowest BCUT2D eigenvalue weighted by molar-refractivity contribution is 0.670. The Hall–Kier alpha value is -7.73. The number of para-hydroxylation sites is 3. The zero-order valence-corrected chi connectivity index (χ0v) is 33.0. The molecule has 60 heavy (non-hydrogen) atoms. The summed E-state index contributed by atoms with van der Waals surface area (Å²) in [6, 6.07) is 70.1. The van der Waals surface area contributed by atoms with Crippen molar-refractivity contribution < 1.29 is 4.42 Å². The van der Waals surface area contributed by atoms with Gasteiger partial charge in [0.05, 0.1) is 22.6 Å². The van der Waals surface area contributed by atoms with E-state index < -0.39 is 0 Å². The highest BCUT2D eigenvalue weighted by atomic mass is 32.1. The minimum Gasteiger partial charge on any atom is -0.455 e. The van der Waals surface area contributed by atoms with Gasteiger partial charge in [0.15, 0.2) is 5.82 Å². The van der Waals surface area contributed by atoms with Crippen molar-refractivity contribution in [2.45, 2.75) is 0 Å². The number of hydrogen-bond donors (Lipinski definition) is 0. The normalized spacial score (nSPS) is 11.7. The molecule has 0 aliphatic heterocycles. The lowest BCUT2D eigenvalue weighted by Gasteiger charge is -2.12. The van der Waals surface area contributed by atoms with Crippen LogP contribution in [0.2, 0.25) is 0 Å². The van der Waals surface area contributed by atoms with E-state index >= 15 is 0 Å². The Balaban J connectivity index is 1.01. The van der Waals surface area contributed by atoms with E-state index in [9.17, 15) is 0 Å². The number of thiophene rings is 1. The summed E-state index contributed by atoms with van der Waals surface area (Å²) in [5.41, 5.74) is 13.8. The zero-order chi connectivity index (χ0) is 39.6. The van der Waals surface area contributed by atoms with E-state index in [-0.39, 0.29) is 0 Å². The number of fused-ring (bicyclic) bond motifs is 8. The van der Waals surface area contributed by atoms with E-state index in [1.807, 2.05) is 29.5 Å². The van der Waals surface area contributed by atoms with Crippen LogP contribution in [-0.4, -0.2) is 15.0 Å². The molecule has 0 unspecified atom stereocenters. The van der Waals surface area contributed by atoms with Gasteiger partial charge in [-0.05, 0) is 53.1 Å². The van der Waals surface area contributed by atoms with Crippen LogP contribution in [0.25, 0.3) is 120 Å². The Morgan fingerprint density at radius 3 is 1.80 bits per heavy atom. The molecule has 0 saturated heterocycles. The van der Waals surface area contributed by atoms with Crippen molar-refractivity contribution in [2.24, 2.45) is 0 Å². The molecular formula is C55H33N3OS. The second-order valence-electron chi connectivity index (χ2n) is 15.1. The van der Waals surface area contributed by atoms with E-state index in [0.717, 1.165) is 89.0 Å². The number of hydrogen-bond acceptors (Lipinski definition) is 5. The minimum absolute atomic E-state index is 0.654. The SMILES string of the molecule is c1ccc(-c2cccc(-c3cc(-c4cccc(-c5nc6ccccc6c6sc7ccccc7c56)c4)nc(-c4ccc(-c5cccc6c5oc5ccccc56)cc4)n3)c2)cc1. The molecule has 0 aliphatic rings. The summed E-state index contributed by atoms with van der Waals surface area (Å²) in [5, 5.41) is 5.82. The third-order valence-electron chi connectivity index (χ3n) is 11.5. The Kier molecular flexibility index (Phi) is 8.00. The van der Waals surface area contributed by atoms with Crippen molar-refractivity contribution in [3.8, 4) is 67.4 Å². The Morgan fingerprint density at radius 2 is 0.983 bits per heavy atom. The van der Waals surface area contributed by atoms with E-state index in [0.29, 0.717) is 5.82 Å². The van der Waals surface area contributed by atoms with Crippen LogP contribution in [0.4, 0.5) is 0 Å². The number of benzene rings is 8. The third-order valence-corrected chi connectivity index (χ3v) is 12.7. The molecule has 0 N–H and O–H groups in total. The van der Waals surface area contributed by atoms with Gasteiger partial charge in [-0.15, -0.1) is 11.3 Å². The summed E-state index contributed by atoms with van der Waals surface area (Å²) < 4.78 is 8.91. The molecule has 0 saturated carbocycles. The van der Waals surface area contributed by atoms with Gasteiger partial charge in [0, 0.05) is 64.1 Å². The summed E-state index contributed by atoms with van der Waals surface area (Å²) in [4.78, 5) is 15.9. The number of furan rings is 1. The summed E-state index contributed by atoms with van der Waals surface area (Å²) in [6.07, 6.45) is 0. The molecule has 5 heteroatoms. The van der Waals surface area contributed by atoms with Crippen molar-refractivity contribution in [3.05, 3.63) is 200 Å². The molecule has 0 aliphatic carbocycles. The molecule has 0 fully saturated rings. The quantitative estimate of drug-likeness (QED) is 0.169. The van der Waals surface area contributed by atoms with Crippen molar-refractivity contribution in [1.29, 1.82) is 0 Å². The van der Waals surface area contributed by atoms with Gasteiger partial charge in [0.2, 0.25) is 0 Å². The van der Waals surface area contributed by atoms with Crippen LogP contribution in [0, 0.1) is 0 Å². The molecule has 0 bridgehead atoms. The first kappa shape index (κ1) is 34.3. The zero-order valence-electron chi connectivity index (χ0n) is 32.2. The fourth-order valence-corrected chi connectivity index (χ4v) is 9.82. The van der Waals surface area contributed by atoms with Gasteiger partial charge in [-0.25, -0.2) is 15.0 Å². The van der Waals surface area contributed by atoms with Crippen LogP contribution in [-0.2, 0) is 0 Å². The van der Waals surface area contributed by atoms with Crippen molar-refractivity contribution in [3.63, 3.8) is 0 Å². The largest absolute Gasteiger partial charge is 0.455 e. The molecule has 4 aromatic heterocycles. The third kappa shape index (κ3) is 5.78. The molecule has 0 spiro atoms. The molecular weight excluding hydrogens is 751 g/mol. The van der Waals surface area contributed by atoms with E-state index in [1.54, 1.807) is 0 Å². The maximum Gasteiger partial charge on any atom is 0.160 e. The topological polar surface area (TPSA) is 51.8 Å². The predicted octanol–water partition coefficient (Wildman–Crippen LogP) is 15.3. The Morgan fingerprint density at radius 1 is 0.383 bits per heavy atom. The molecule has 8 aromatic carbocycles. The lowest BCUT2D eigenvalue weighted by atomic mass is 9.98. The highest BCUT2D eigenvalue weighted by Crippen LogP contribution is 2.43. The van der Waals surface area contributed by atoms with Crippen LogP contribution in [0.3, 0.4) is 0 Å². The molecule has 0 amide bonds. The van der Waals surface area contributed by atoms with Crippen LogP contribution in [0.5, 0.6) is 0 Å². The van der Waals surface area contributed by atoms with Gasteiger partial charge in [-0.3, -0.25) is 0 Å². The number of aromatic nitrogens is 3.